The second-order valence-corrected chi connectivity index (χ2v) is 3.26. The SMILES string of the molecule is CSc1ncc2c(N)nccc2n1. The summed E-state index contributed by atoms with van der Waals surface area (Å²) in [6.45, 7) is 0. The van der Waals surface area contributed by atoms with Crippen molar-refractivity contribution in [2.24, 2.45) is 0 Å². The van der Waals surface area contributed by atoms with Crippen molar-refractivity contribution in [3.8, 4) is 0 Å². The van der Waals surface area contributed by atoms with Gasteiger partial charge in [0.25, 0.3) is 0 Å². The van der Waals surface area contributed by atoms with E-state index in [2.05, 4.69) is 15.0 Å². The number of pyridine rings is 1. The van der Waals surface area contributed by atoms with E-state index in [1.165, 1.54) is 11.8 Å². The number of nitrogen functional groups attached to an aromatic ring is 1. The molecule has 4 nitrogen and oxygen atoms in total. The quantitative estimate of drug-likeness (QED) is 0.545. The molecule has 2 aromatic heterocycles. The summed E-state index contributed by atoms with van der Waals surface area (Å²) >= 11 is 1.51. The lowest BCUT2D eigenvalue weighted by Gasteiger charge is -2.00. The molecule has 2 aromatic rings. The van der Waals surface area contributed by atoms with Gasteiger partial charge in [-0.1, -0.05) is 11.8 Å². The molecule has 0 aliphatic carbocycles. The molecule has 2 heterocycles. The van der Waals surface area contributed by atoms with Gasteiger partial charge in [0, 0.05) is 12.4 Å². The van der Waals surface area contributed by atoms with Crippen LogP contribution in [0.4, 0.5) is 5.82 Å². The molecule has 0 bridgehead atoms. The Labute approximate surface area is 79.6 Å². The fourth-order valence-electron chi connectivity index (χ4n) is 1.06. The number of thioether (sulfide) groups is 1. The maximum Gasteiger partial charge on any atom is 0.187 e. The average molecular weight is 192 g/mol. The molecule has 0 atom stereocenters. The average Bonchev–Trinajstić information content (AvgIpc) is 2.18. The summed E-state index contributed by atoms with van der Waals surface area (Å²) in [6, 6.07) is 1.83. The van der Waals surface area contributed by atoms with Crippen molar-refractivity contribution in [2.45, 2.75) is 5.16 Å². The second kappa shape index (κ2) is 3.18. The Kier molecular flexibility index (Phi) is 2.02. The minimum atomic E-state index is 0.477. The van der Waals surface area contributed by atoms with E-state index in [0.717, 1.165) is 16.1 Å². The minimum Gasteiger partial charge on any atom is -0.383 e. The monoisotopic (exact) mass is 192 g/mol. The van der Waals surface area contributed by atoms with E-state index in [1.54, 1.807) is 12.4 Å². The van der Waals surface area contributed by atoms with Crippen LogP contribution in [-0.2, 0) is 0 Å². The van der Waals surface area contributed by atoms with Gasteiger partial charge in [0.1, 0.15) is 5.82 Å². The Morgan fingerprint density at radius 2 is 2.23 bits per heavy atom. The van der Waals surface area contributed by atoms with E-state index >= 15 is 0 Å². The van der Waals surface area contributed by atoms with Crippen molar-refractivity contribution in [3.05, 3.63) is 18.5 Å². The minimum absolute atomic E-state index is 0.477. The Bertz CT molecular complexity index is 443. The van der Waals surface area contributed by atoms with Crippen LogP contribution in [0.25, 0.3) is 10.9 Å². The van der Waals surface area contributed by atoms with Gasteiger partial charge in [0.2, 0.25) is 0 Å². The van der Waals surface area contributed by atoms with Gasteiger partial charge in [0.15, 0.2) is 5.16 Å². The topological polar surface area (TPSA) is 64.7 Å². The summed E-state index contributed by atoms with van der Waals surface area (Å²) in [4.78, 5) is 12.4. The van der Waals surface area contributed by atoms with Crippen LogP contribution in [0.3, 0.4) is 0 Å². The number of fused-ring (bicyclic) bond motifs is 1. The molecule has 0 saturated carbocycles. The fourth-order valence-corrected chi connectivity index (χ4v) is 1.41. The molecule has 2 rings (SSSR count). The summed E-state index contributed by atoms with van der Waals surface area (Å²) in [6.07, 6.45) is 5.29. The van der Waals surface area contributed by atoms with Gasteiger partial charge in [-0.05, 0) is 12.3 Å². The third kappa shape index (κ3) is 1.42. The number of hydrogen-bond donors (Lipinski definition) is 1. The molecular weight excluding hydrogens is 184 g/mol. The number of aromatic nitrogens is 3. The van der Waals surface area contributed by atoms with Gasteiger partial charge < -0.3 is 5.73 Å². The molecule has 0 amide bonds. The lowest BCUT2D eigenvalue weighted by Crippen LogP contribution is -1.94. The maximum atomic E-state index is 5.65. The zero-order chi connectivity index (χ0) is 9.26. The summed E-state index contributed by atoms with van der Waals surface area (Å²) < 4.78 is 0. The first kappa shape index (κ1) is 8.25. The lowest BCUT2D eigenvalue weighted by molar-refractivity contribution is 1.01. The Hall–Kier alpha value is -1.36. The molecule has 66 valence electrons. The van der Waals surface area contributed by atoms with Gasteiger partial charge >= 0.3 is 0 Å². The second-order valence-electron chi connectivity index (χ2n) is 2.49. The number of nitrogens with two attached hydrogens (primary N) is 1. The highest BCUT2D eigenvalue weighted by Crippen LogP contribution is 2.17. The van der Waals surface area contributed by atoms with Gasteiger partial charge in [-0.2, -0.15) is 0 Å². The number of rotatable bonds is 1. The summed E-state index contributed by atoms with van der Waals surface area (Å²) in [5, 5.41) is 1.55. The molecule has 0 unspecified atom stereocenters. The molecule has 0 fully saturated rings. The van der Waals surface area contributed by atoms with Crippen LogP contribution in [-0.4, -0.2) is 21.2 Å². The van der Waals surface area contributed by atoms with Crippen LogP contribution < -0.4 is 5.73 Å². The van der Waals surface area contributed by atoms with E-state index in [-0.39, 0.29) is 0 Å². The first-order valence-electron chi connectivity index (χ1n) is 3.72. The fraction of sp³-hybridized carbons (Fsp3) is 0.125. The smallest absolute Gasteiger partial charge is 0.187 e. The zero-order valence-corrected chi connectivity index (χ0v) is 7.88. The zero-order valence-electron chi connectivity index (χ0n) is 7.06. The van der Waals surface area contributed by atoms with Crippen LogP contribution in [0, 0.1) is 0 Å². The summed E-state index contributed by atoms with van der Waals surface area (Å²) in [5.74, 6) is 0.477. The number of anilines is 1. The van der Waals surface area contributed by atoms with Crippen molar-refractivity contribution >= 4 is 28.5 Å². The van der Waals surface area contributed by atoms with Crippen molar-refractivity contribution in [1.29, 1.82) is 0 Å². The van der Waals surface area contributed by atoms with Crippen molar-refractivity contribution in [2.75, 3.05) is 12.0 Å². The van der Waals surface area contributed by atoms with Gasteiger partial charge in [-0.15, -0.1) is 0 Å². The molecule has 0 aliphatic rings. The lowest BCUT2D eigenvalue weighted by atomic mass is 10.3. The number of nitrogens with zero attached hydrogens (tertiary/aromatic N) is 3. The normalized spacial score (nSPS) is 10.5. The van der Waals surface area contributed by atoms with Crippen LogP contribution in [0.5, 0.6) is 0 Å². The molecule has 0 saturated heterocycles. The Balaban J connectivity index is 2.72. The molecule has 0 aliphatic heterocycles. The van der Waals surface area contributed by atoms with Gasteiger partial charge in [0.05, 0.1) is 10.9 Å². The molecule has 0 radical (unpaired) electrons. The number of hydrogen-bond acceptors (Lipinski definition) is 5. The molecule has 0 spiro atoms. The third-order valence-corrected chi connectivity index (χ3v) is 2.26. The predicted octanol–water partition coefficient (Wildman–Crippen LogP) is 1.33. The van der Waals surface area contributed by atoms with Gasteiger partial charge in [-0.3, -0.25) is 0 Å². The van der Waals surface area contributed by atoms with Crippen LogP contribution in [0.1, 0.15) is 0 Å². The van der Waals surface area contributed by atoms with E-state index < -0.39 is 0 Å². The first-order valence-corrected chi connectivity index (χ1v) is 4.95. The van der Waals surface area contributed by atoms with Crippen molar-refractivity contribution in [3.63, 3.8) is 0 Å². The van der Waals surface area contributed by atoms with Gasteiger partial charge in [-0.25, -0.2) is 15.0 Å². The highest BCUT2D eigenvalue weighted by Gasteiger charge is 2.01. The molecule has 5 heteroatoms. The van der Waals surface area contributed by atoms with Crippen molar-refractivity contribution in [1.82, 2.24) is 15.0 Å². The molecule has 0 aromatic carbocycles. The predicted molar refractivity (Wildman–Crippen MR) is 53.5 cm³/mol. The third-order valence-electron chi connectivity index (χ3n) is 1.70. The first-order chi connectivity index (χ1) is 6.31. The van der Waals surface area contributed by atoms with Crippen LogP contribution in [0.15, 0.2) is 23.6 Å². The van der Waals surface area contributed by atoms with E-state index in [0.29, 0.717) is 5.82 Å². The van der Waals surface area contributed by atoms with E-state index in [1.807, 2.05) is 12.3 Å². The summed E-state index contributed by atoms with van der Waals surface area (Å²) in [5.41, 5.74) is 6.49. The molecule has 13 heavy (non-hydrogen) atoms. The van der Waals surface area contributed by atoms with E-state index in [4.69, 9.17) is 5.73 Å². The standard InChI is InChI=1S/C8H8N4S/c1-13-8-11-4-5-6(12-8)2-3-10-7(5)9/h2-4H,1H3,(H2,9,10). The largest absolute Gasteiger partial charge is 0.383 e. The molecule has 2 N–H and O–H groups in total. The highest BCUT2D eigenvalue weighted by molar-refractivity contribution is 7.98. The highest BCUT2D eigenvalue weighted by atomic mass is 32.2. The Morgan fingerprint density at radius 3 is 3.00 bits per heavy atom. The van der Waals surface area contributed by atoms with Crippen LogP contribution in [0.2, 0.25) is 0 Å². The van der Waals surface area contributed by atoms with E-state index in [9.17, 15) is 0 Å². The maximum absolute atomic E-state index is 5.65. The van der Waals surface area contributed by atoms with Crippen LogP contribution >= 0.6 is 11.8 Å². The summed E-state index contributed by atoms with van der Waals surface area (Å²) in [7, 11) is 0. The Morgan fingerprint density at radius 1 is 1.38 bits per heavy atom. The van der Waals surface area contributed by atoms with Crippen molar-refractivity contribution < 1.29 is 0 Å². The molecular formula is C8H8N4S.